The van der Waals surface area contributed by atoms with Crippen LogP contribution in [0, 0.1) is 0 Å². The average Bonchev–Trinajstić information content (AvgIpc) is 2.10. The highest BCUT2D eigenvalue weighted by Gasteiger charge is 2.04. The van der Waals surface area contributed by atoms with Crippen LogP contribution in [0.3, 0.4) is 0 Å². The van der Waals surface area contributed by atoms with Gasteiger partial charge < -0.3 is 10.6 Å². The van der Waals surface area contributed by atoms with Crippen molar-refractivity contribution in [1.82, 2.24) is 5.32 Å². The van der Waals surface area contributed by atoms with Gasteiger partial charge in [-0.3, -0.25) is 4.79 Å². The Morgan fingerprint density at radius 3 is 2.71 bits per heavy atom. The largest absolute Gasteiger partial charge is 0.324 e. The molecular weight excluding hydrogens is 223 g/mol. The lowest BCUT2D eigenvalue weighted by Gasteiger charge is -2.06. The lowest BCUT2D eigenvalue weighted by atomic mass is 10.3. The molecule has 0 fully saturated rings. The third-order valence-electron chi connectivity index (χ3n) is 1.54. The fourth-order valence-electron chi connectivity index (χ4n) is 0.946. The van der Waals surface area contributed by atoms with Crippen molar-refractivity contribution >= 4 is 34.8 Å². The molecule has 0 saturated heterocycles. The highest BCUT2D eigenvalue weighted by molar-refractivity contribution is 6.36. The Bertz CT molecular complexity index is 342. The Morgan fingerprint density at radius 1 is 1.43 bits per heavy atom. The highest BCUT2D eigenvalue weighted by Crippen LogP contribution is 2.24. The standard InChI is InChI=1S/C9H10Cl2N2O/c1-12-5-9(14)13-8-3-2-6(10)4-7(8)11/h2-4,12H,5H2,1H3,(H,13,14). The van der Waals surface area contributed by atoms with E-state index in [1.807, 2.05) is 0 Å². The first-order valence-corrected chi connectivity index (χ1v) is 4.78. The van der Waals surface area contributed by atoms with Gasteiger partial charge in [-0.25, -0.2) is 0 Å². The molecule has 5 heteroatoms. The van der Waals surface area contributed by atoms with Gasteiger partial charge in [0.25, 0.3) is 0 Å². The fourth-order valence-corrected chi connectivity index (χ4v) is 1.40. The second-order valence-corrected chi connectivity index (χ2v) is 3.55. The minimum atomic E-state index is -0.142. The van der Waals surface area contributed by atoms with Crippen molar-refractivity contribution in [2.45, 2.75) is 0 Å². The Hall–Kier alpha value is -0.770. The number of carbonyl (C=O) groups excluding carboxylic acids is 1. The van der Waals surface area contributed by atoms with Crippen LogP contribution in [0.2, 0.25) is 10.0 Å². The molecule has 1 aromatic carbocycles. The van der Waals surface area contributed by atoms with Crippen molar-refractivity contribution in [1.29, 1.82) is 0 Å². The van der Waals surface area contributed by atoms with Crippen molar-refractivity contribution in [3.63, 3.8) is 0 Å². The third kappa shape index (κ3) is 3.18. The first-order chi connectivity index (χ1) is 6.63. The van der Waals surface area contributed by atoms with Gasteiger partial charge in [-0.2, -0.15) is 0 Å². The molecule has 0 aliphatic heterocycles. The molecule has 14 heavy (non-hydrogen) atoms. The molecule has 0 unspecified atom stereocenters. The van der Waals surface area contributed by atoms with Crippen LogP contribution in [-0.2, 0) is 4.79 Å². The zero-order valence-corrected chi connectivity index (χ0v) is 9.12. The van der Waals surface area contributed by atoms with Crippen LogP contribution >= 0.6 is 23.2 Å². The number of rotatable bonds is 3. The van der Waals surface area contributed by atoms with Gasteiger partial charge in [-0.1, -0.05) is 23.2 Å². The van der Waals surface area contributed by atoms with Crippen LogP contribution in [0.5, 0.6) is 0 Å². The number of amides is 1. The van der Waals surface area contributed by atoms with Gasteiger partial charge in [0.2, 0.25) is 5.91 Å². The lowest BCUT2D eigenvalue weighted by molar-refractivity contribution is -0.115. The van der Waals surface area contributed by atoms with Crippen molar-refractivity contribution in [3.05, 3.63) is 28.2 Å². The maximum absolute atomic E-state index is 11.2. The minimum Gasteiger partial charge on any atom is -0.324 e. The molecular formula is C9H10Cl2N2O. The molecule has 0 bridgehead atoms. The summed E-state index contributed by atoms with van der Waals surface area (Å²) in [7, 11) is 1.70. The van der Waals surface area contributed by atoms with E-state index < -0.39 is 0 Å². The highest BCUT2D eigenvalue weighted by atomic mass is 35.5. The van der Waals surface area contributed by atoms with E-state index in [0.29, 0.717) is 15.7 Å². The van der Waals surface area contributed by atoms with Crippen molar-refractivity contribution in [2.24, 2.45) is 0 Å². The summed E-state index contributed by atoms with van der Waals surface area (Å²) in [5, 5.41) is 6.36. The molecule has 0 spiro atoms. The topological polar surface area (TPSA) is 41.1 Å². The van der Waals surface area contributed by atoms with Gasteiger partial charge >= 0.3 is 0 Å². The summed E-state index contributed by atoms with van der Waals surface area (Å²) in [6, 6.07) is 4.92. The Balaban J connectivity index is 2.72. The van der Waals surface area contributed by atoms with Crippen molar-refractivity contribution in [2.75, 3.05) is 18.9 Å². The summed E-state index contributed by atoms with van der Waals surface area (Å²) < 4.78 is 0. The lowest BCUT2D eigenvalue weighted by Crippen LogP contribution is -2.25. The summed E-state index contributed by atoms with van der Waals surface area (Å²) in [6.45, 7) is 0.249. The normalized spacial score (nSPS) is 9.93. The van der Waals surface area contributed by atoms with E-state index in [9.17, 15) is 4.79 Å². The zero-order valence-electron chi connectivity index (χ0n) is 7.60. The summed E-state index contributed by atoms with van der Waals surface area (Å²) in [4.78, 5) is 11.2. The van der Waals surface area contributed by atoms with E-state index in [4.69, 9.17) is 23.2 Å². The van der Waals surface area contributed by atoms with Gasteiger partial charge in [0.1, 0.15) is 0 Å². The predicted octanol–water partition coefficient (Wildman–Crippen LogP) is 2.15. The van der Waals surface area contributed by atoms with E-state index in [1.165, 1.54) is 0 Å². The number of benzene rings is 1. The molecule has 1 rings (SSSR count). The van der Waals surface area contributed by atoms with Crippen LogP contribution in [0.1, 0.15) is 0 Å². The summed E-state index contributed by atoms with van der Waals surface area (Å²) in [5.41, 5.74) is 0.566. The number of hydrogen-bond acceptors (Lipinski definition) is 2. The fraction of sp³-hybridized carbons (Fsp3) is 0.222. The Morgan fingerprint density at radius 2 is 2.14 bits per heavy atom. The maximum Gasteiger partial charge on any atom is 0.238 e. The molecule has 0 aliphatic rings. The van der Waals surface area contributed by atoms with E-state index in [0.717, 1.165) is 0 Å². The van der Waals surface area contributed by atoms with Gasteiger partial charge in [0.05, 0.1) is 17.3 Å². The molecule has 1 aromatic rings. The van der Waals surface area contributed by atoms with Crippen molar-refractivity contribution in [3.8, 4) is 0 Å². The molecule has 76 valence electrons. The molecule has 3 nitrogen and oxygen atoms in total. The first kappa shape index (κ1) is 11.3. The van der Waals surface area contributed by atoms with Crippen LogP contribution in [-0.4, -0.2) is 19.5 Å². The van der Waals surface area contributed by atoms with E-state index in [2.05, 4.69) is 10.6 Å². The molecule has 0 radical (unpaired) electrons. The number of hydrogen-bond donors (Lipinski definition) is 2. The number of anilines is 1. The number of nitrogens with one attached hydrogen (secondary N) is 2. The van der Waals surface area contributed by atoms with Crippen LogP contribution in [0.4, 0.5) is 5.69 Å². The van der Waals surface area contributed by atoms with Crippen LogP contribution < -0.4 is 10.6 Å². The Labute approximate surface area is 92.4 Å². The SMILES string of the molecule is CNCC(=O)Nc1ccc(Cl)cc1Cl. The average molecular weight is 233 g/mol. The molecule has 0 atom stereocenters. The number of likely N-dealkylation sites (N-methyl/N-ethyl adjacent to an activating group) is 1. The smallest absolute Gasteiger partial charge is 0.238 e. The van der Waals surface area contributed by atoms with Gasteiger partial charge in [-0.15, -0.1) is 0 Å². The molecule has 0 aromatic heterocycles. The molecule has 0 saturated carbocycles. The first-order valence-electron chi connectivity index (χ1n) is 4.03. The van der Waals surface area contributed by atoms with Gasteiger partial charge in [-0.05, 0) is 25.2 Å². The van der Waals surface area contributed by atoms with E-state index >= 15 is 0 Å². The monoisotopic (exact) mass is 232 g/mol. The summed E-state index contributed by atoms with van der Waals surface area (Å²) in [5.74, 6) is -0.142. The van der Waals surface area contributed by atoms with Crippen LogP contribution in [0.15, 0.2) is 18.2 Å². The quantitative estimate of drug-likeness (QED) is 0.839. The zero-order chi connectivity index (χ0) is 10.6. The van der Waals surface area contributed by atoms with Crippen LogP contribution in [0.25, 0.3) is 0 Å². The third-order valence-corrected chi connectivity index (χ3v) is 2.09. The second kappa shape index (κ2) is 5.20. The van der Waals surface area contributed by atoms with E-state index in [-0.39, 0.29) is 12.5 Å². The number of carbonyl (C=O) groups is 1. The van der Waals surface area contributed by atoms with E-state index in [1.54, 1.807) is 25.2 Å². The molecule has 2 N–H and O–H groups in total. The molecule has 1 amide bonds. The summed E-state index contributed by atoms with van der Waals surface area (Å²) in [6.07, 6.45) is 0. The minimum absolute atomic E-state index is 0.142. The molecule has 0 heterocycles. The Kier molecular flexibility index (Phi) is 4.20. The van der Waals surface area contributed by atoms with Gasteiger partial charge in [0.15, 0.2) is 0 Å². The van der Waals surface area contributed by atoms with Gasteiger partial charge in [0, 0.05) is 5.02 Å². The maximum atomic E-state index is 11.2. The molecule has 0 aliphatic carbocycles. The number of halogens is 2. The summed E-state index contributed by atoms with van der Waals surface area (Å²) >= 11 is 11.6. The predicted molar refractivity (Wildman–Crippen MR) is 59.0 cm³/mol. The van der Waals surface area contributed by atoms with Crippen molar-refractivity contribution < 1.29 is 4.79 Å². The second-order valence-electron chi connectivity index (χ2n) is 2.70.